The van der Waals surface area contributed by atoms with E-state index in [9.17, 15) is 4.79 Å². The molecule has 9 nitrogen and oxygen atoms in total. The molecule has 1 N–H and O–H groups in total. The number of aromatic nitrogens is 5. The zero-order valence-corrected chi connectivity index (χ0v) is 16.6. The molecule has 0 fully saturated rings. The maximum Gasteiger partial charge on any atom is 0.236 e. The number of ether oxygens (including phenoxy) is 2. The highest BCUT2D eigenvalue weighted by Gasteiger charge is 2.16. The second-order valence-corrected chi connectivity index (χ2v) is 6.98. The van der Waals surface area contributed by atoms with Crippen molar-refractivity contribution in [3.63, 3.8) is 0 Å². The van der Waals surface area contributed by atoms with Gasteiger partial charge in [-0.1, -0.05) is 23.1 Å². The van der Waals surface area contributed by atoms with E-state index >= 15 is 0 Å². The Morgan fingerprint density at radius 1 is 1.22 bits per heavy atom. The van der Waals surface area contributed by atoms with E-state index in [0.717, 1.165) is 5.56 Å². The molecule has 0 aliphatic rings. The van der Waals surface area contributed by atoms with Crippen molar-refractivity contribution in [2.24, 2.45) is 0 Å². The smallest absolute Gasteiger partial charge is 0.236 e. The Labute approximate surface area is 164 Å². The number of rotatable bonds is 8. The van der Waals surface area contributed by atoms with Crippen LogP contribution in [0.3, 0.4) is 0 Å². The second kappa shape index (κ2) is 8.82. The minimum absolute atomic E-state index is 0.171. The van der Waals surface area contributed by atoms with E-state index in [2.05, 4.69) is 25.7 Å². The van der Waals surface area contributed by atoms with E-state index in [1.54, 1.807) is 19.7 Å². The Bertz CT molecular complexity index is 913. The summed E-state index contributed by atoms with van der Waals surface area (Å²) in [4.78, 5) is 12.0. The first-order chi connectivity index (χ1) is 13.2. The van der Waals surface area contributed by atoms with Crippen LogP contribution >= 0.6 is 23.1 Å². The predicted octanol–water partition coefficient (Wildman–Crippen LogP) is 2.56. The fourth-order valence-corrected chi connectivity index (χ4v) is 3.65. The third-order valence-electron chi connectivity index (χ3n) is 3.61. The Hall–Kier alpha value is -2.66. The van der Waals surface area contributed by atoms with Crippen LogP contribution in [0.5, 0.6) is 11.5 Å². The Morgan fingerprint density at radius 3 is 2.70 bits per heavy atom. The maximum absolute atomic E-state index is 12.0. The molecule has 27 heavy (non-hydrogen) atoms. The zero-order chi connectivity index (χ0) is 19.2. The van der Waals surface area contributed by atoms with E-state index in [0.29, 0.717) is 34.2 Å². The maximum atomic E-state index is 12.0. The zero-order valence-electron chi connectivity index (χ0n) is 15.0. The fourth-order valence-electron chi connectivity index (χ4n) is 2.38. The van der Waals surface area contributed by atoms with E-state index < -0.39 is 0 Å². The molecular formula is C16H18N6O3S2. The lowest BCUT2D eigenvalue weighted by Crippen LogP contribution is -2.14. The van der Waals surface area contributed by atoms with Crippen LogP contribution in [0.2, 0.25) is 0 Å². The number of benzene rings is 1. The normalized spacial score (nSPS) is 10.6. The molecule has 3 rings (SSSR count). The number of thioether (sulfide) groups is 1. The van der Waals surface area contributed by atoms with Crippen molar-refractivity contribution in [2.75, 3.05) is 25.3 Å². The third kappa shape index (κ3) is 4.37. The molecule has 0 atom stereocenters. The van der Waals surface area contributed by atoms with Crippen molar-refractivity contribution >= 4 is 34.1 Å². The van der Waals surface area contributed by atoms with Crippen molar-refractivity contribution in [2.45, 2.75) is 18.6 Å². The highest BCUT2D eigenvalue weighted by molar-refractivity contribution is 7.99. The third-order valence-corrected chi connectivity index (χ3v) is 5.19. The quantitative estimate of drug-likeness (QED) is 0.569. The van der Waals surface area contributed by atoms with Crippen LogP contribution in [0.15, 0.2) is 28.9 Å². The molecule has 142 valence electrons. The summed E-state index contributed by atoms with van der Waals surface area (Å²) in [7, 11) is 3.18. The standard InChI is InChI=1S/C16H18N6O3S2/c1-4-22-14(10-5-6-11(24-2)12(7-10)25-3)19-21-16(22)26-8-13(23)18-15-20-17-9-27-15/h5-7,9H,4,8H2,1-3H3,(H,18,20,23). The largest absolute Gasteiger partial charge is 0.493 e. The molecule has 0 bridgehead atoms. The van der Waals surface area contributed by atoms with Gasteiger partial charge in [0.05, 0.1) is 20.0 Å². The second-order valence-electron chi connectivity index (χ2n) is 5.20. The van der Waals surface area contributed by atoms with Gasteiger partial charge in [0.25, 0.3) is 0 Å². The first-order valence-electron chi connectivity index (χ1n) is 8.00. The average molecular weight is 406 g/mol. The first-order valence-corrected chi connectivity index (χ1v) is 9.87. The molecule has 0 unspecified atom stereocenters. The summed E-state index contributed by atoms with van der Waals surface area (Å²) < 4.78 is 12.6. The van der Waals surface area contributed by atoms with Gasteiger partial charge in [0.15, 0.2) is 22.5 Å². The van der Waals surface area contributed by atoms with Crippen LogP contribution in [-0.4, -0.2) is 50.8 Å². The number of hydrogen-bond donors (Lipinski definition) is 1. The topological polar surface area (TPSA) is 104 Å². The number of anilines is 1. The summed E-state index contributed by atoms with van der Waals surface area (Å²) in [6, 6.07) is 5.57. The summed E-state index contributed by atoms with van der Waals surface area (Å²) >= 11 is 2.58. The Kier molecular flexibility index (Phi) is 6.24. The van der Waals surface area contributed by atoms with Crippen LogP contribution in [0.1, 0.15) is 6.92 Å². The molecular weight excluding hydrogens is 388 g/mol. The minimum Gasteiger partial charge on any atom is -0.493 e. The molecule has 0 aliphatic carbocycles. The Morgan fingerprint density at radius 2 is 2.04 bits per heavy atom. The summed E-state index contributed by atoms with van der Waals surface area (Å²) in [5.74, 6) is 1.99. The van der Waals surface area contributed by atoms with Crippen LogP contribution in [0.25, 0.3) is 11.4 Å². The highest BCUT2D eigenvalue weighted by atomic mass is 32.2. The van der Waals surface area contributed by atoms with Crippen LogP contribution in [-0.2, 0) is 11.3 Å². The van der Waals surface area contributed by atoms with Crippen LogP contribution in [0.4, 0.5) is 5.13 Å². The average Bonchev–Trinajstić information content (AvgIpc) is 3.35. The van der Waals surface area contributed by atoms with Gasteiger partial charge in [0.1, 0.15) is 5.51 Å². The number of amides is 1. The van der Waals surface area contributed by atoms with Crippen molar-refractivity contribution in [1.82, 2.24) is 25.0 Å². The molecule has 0 spiro atoms. The van der Waals surface area contributed by atoms with Gasteiger partial charge in [0.2, 0.25) is 11.0 Å². The Balaban J connectivity index is 1.75. The summed E-state index contributed by atoms with van der Waals surface area (Å²) in [5.41, 5.74) is 2.42. The van der Waals surface area contributed by atoms with Gasteiger partial charge in [-0.3, -0.25) is 10.1 Å². The molecule has 11 heteroatoms. The van der Waals surface area contributed by atoms with E-state index in [4.69, 9.17) is 9.47 Å². The van der Waals surface area contributed by atoms with Crippen molar-refractivity contribution < 1.29 is 14.3 Å². The molecule has 3 aromatic rings. The lowest BCUT2D eigenvalue weighted by atomic mass is 10.2. The molecule has 0 radical (unpaired) electrons. The number of nitrogens with zero attached hydrogens (tertiary/aromatic N) is 5. The van der Waals surface area contributed by atoms with Crippen molar-refractivity contribution in [1.29, 1.82) is 0 Å². The number of carbonyl (C=O) groups is 1. The monoisotopic (exact) mass is 406 g/mol. The molecule has 2 aromatic heterocycles. The molecule has 0 saturated heterocycles. The predicted molar refractivity (Wildman–Crippen MR) is 103 cm³/mol. The lowest BCUT2D eigenvalue weighted by Gasteiger charge is -2.10. The lowest BCUT2D eigenvalue weighted by molar-refractivity contribution is -0.113. The molecule has 0 saturated carbocycles. The number of methoxy groups -OCH3 is 2. The van der Waals surface area contributed by atoms with Gasteiger partial charge >= 0.3 is 0 Å². The molecule has 0 aliphatic heterocycles. The van der Waals surface area contributed by atoms with Crippen LogP contribution < -0.4 is 14.8 Å². The van der Waals surface area contributed by atoms with Gasteiger partial charge in [-0.15, -0.1) is 20.4 Å². The number of nitrogens with one attached hydrogen (secondary N) is 1. The van der Waals surface area contributed by atoms with Gasteiger partial charge in [0, 0.05) is 12.1 Å². The van der Waals surface area contributed by atoms with Crippen molar-refractivity contribution in [3.05, 3.63) is 23.7 Å². The van der Waals surface area contributed by atoms with Crippen LogP contribution in [0, 0.1) is 0 Å². The SMILES string of the molecule is CCn1c(SCC(=O)Nc2nncs2)nnc1-c1ccc(OC)c(OC)c1. The van der Waals surface area contributed by atoms with E-state index in [1.165, 1.54) is 23.1 Å². The molecule has 1 amide bonds. The summed E-state index contributed by atoms with van der Waals surface area (Å²) in [6.07, 6.45) is 0. The van der Waals surface area contributed by atoms with Gasteiger partial charge in [-0.05, 0) is 25.1 Å². The molecule has 2 heterocycles. The first kappa shape index (κ1) is 19.1. The van der Waals surface area contributed by atoms with Gasteiger partial charge < -0.3 is 14.0 Å². The van der Waals surface area contributed by atoms with E-state index in [-0.39, 0.29) is 11.7 Å². The highest BCUT2D eigenvalue weighted by Crippen LogP contribution is 2.32. The number of hydrogen-bond acceptors (Lipinski definition) is 9. The van der Waals surface area contributed by atoms with Gasteiger partial charge in [-0.2, -0.15) is 0 Å². The van der Waals surface area contributed by atoms with Crippen molar-refractivity contribution in [3.8, 4) is 22.9 Å². The summed E-state index contributed by atoms with van der Waals surface area (Å²) in [5, 5.41) is 19.8. The summed E-state index contributed by atoms with van der Waals surface area (Å²) in [6.45, 7) is 2.66. The molecule has 1 aromatic carbocycles. The van der Waals surface area contributed by atoms with Gasteiger partial charge in [-0.25, -0.2) is 0 Å². The number of carbonyl (C=O) groups excluding carboxylic acids is 1. The van der Waals surface area contributed by atoms with E-state index in [1.807, 2.05) is 29.7 Å². The fraction of sp³-hybridized carbons (Fsp3) is 0.312. The minimum atomic E-state index is -0.171.